The van der Waals surface area contributed by atoms with E-state index in [2.05, 4.69) is 4.98 Å². The van der Waals surface area contributed by atoms with Crippen LogP contribution in [-0.4, -0.2) is 23.3 Å². The zero-order valence-corrected chi connectivity index (χ0v) is 14.5. The molecule has 0 fully saturated rings. The van der Waals surface area contributed by atoms with Crippen molar-refractivity contribution in [3.8, 4) is 0 Å². The molecule has 26 heavy (non-hydrogen) atoms. The number of para-hydroxylation sites is 1. The molecule has 3 aromatic rings. The fourth-order valence-corrected chi connectivity index (χ4v) is 2.94. The Morgan fingerprint density at radius 2 is 1.88 bits per heavy atom. The number of hydrogen-bond acceptors (Lipinski definition) is 3. The number of rotatable bonds is 5. The quantitative estimate of drug-likeness (QED) is 0.398. The maximum atomic E-state index is 13.3. The van der Waals surface area contributed by atoms with Crippen molar-refractivity contribution in [2.24, 2.45) is 0 Å². The van der Waals surface area contributed by atoms with E-state index in [1.54, 1.807) is 12.3 Å². The van der Waals surface area contributed by atoms with Crippen LogP contribution in [0, 0.1) is 11.6 Å². The first-order valence-electron chi connectivity index (χ1n) is 7.86. The number of fused-ring (bicyclic) bond motifs is 1. The molecule has 3 rings (SSSR count). The third-order valence-corrected chi connectivity index (χ3v) is 4.36. The Hall–Kier alpha value is -2.73. The van der Waals surface area contributed by atoms with Crippen molar-refractivity contribution in [3.63, 3.8) is 0 Å². The van der Waals surface area contributed by atoms with E-state index in [1.165, 1.54) is 0 Å². The van der Waals surface area contributed by atoms with E-state index >= 15 is 0 Å². The summed E-state index contributed by atoms with van der Waals surface area (Å²) in [6, 6.07) is 6.92. The summed E-state index contributed by atoms with van der Waals surface area (Å²) in [5.74, 6) is -3.82. The molecule has 4 nitrogen and oxygen atoms in total. The number of Topliss-reactive ketones (excluding diaryl/α,β-unsaturated/α-hetero) is 1. The monoisotopic (exact) mass is 377 g/mol. The van der Waals surface area contributed by atoms with Crippen LogP contribution in [0.4, 0.5) is 8.78 Å². The summed E-state index contributed by atoms with van der Waals surface area (Å²) in [5, 5.41) is 0.442. The topological polar surface area (TPSA) is 59.2 Å². The molecule has 7 heteroatoms. The molecule has 0 spiro atoms. The molecule has 0 amide bonds. The van der Waals surface area contributed by atoms with E-state index < -0.39 is 30.0 Å². The molecule has 0 unspecified atom stereocenters. The van der Waals surface area contributed by atoms with Gasteiger partial charge in [0.2, 0.25) is 5.78 Å². The highest BCUT2D eigenvalue weighted by molar-refractivity contribution is 6.33. The van der Waals surface area contributed by atoms with Crippen molar-refractivity contribution in [2.45, 2.75) is 13.3 Å². The van der Waals surface area contributed by atoms with E-state index in [4.69, 9.17) is 16.3 Å². The number of carbonyl (C=O) groups is 2. The van der Waals surface area contributed by atoms with Gasteiger partial charge in [-0.25, -0.2) is 13.6 Å². The fraction of sp³-hybridized carbons (Fsp3) is 0.158. The Kier molecular flexibility index (Phi) is 5.04. The standard InChI is InChI=1S/C19H14ClF2NO3/c1-2-10-4-3-5-11-13(8-23-18(10)11)17(24)9-26-19(25)12-6-15(21)16(22)7-14(12)20/h3-8,23H,2,9H2,1H3. The molecule has 0 bridgehead atoms. The first-order chi connectivity index (χ1) is 12.4. The Bertz CT molecular complexity index is 1010. The lowest BCUT2D eigenvalue weighted by molar-refractivity contribution is 0.0475. The van der Waals surface area contributed by atoms with E-state index in [9.17, 15) is 18.4 Å². The molecule has 0 aliphatic heterocycles. The highest BCUT2D eigenvalue weighted by atomic mass is 35.5. The van der Waals surface area contributed by atoms with Crippen molar-refractivity contribution in [1.29, 1.82) is 0 Å². The van der Waals surface area contributed by atoms with Gasteiger partial charge in [0.25, 0.3) is 0 Å². The third-order valence-electron chi connectivity index (χ3n) is 4.05. The smallest absolute Gasteiger partial charge is 0.340 e. The minimum absolute atomic E-state index is 0.291. The van der Waals surface area contributed by atoms with Crippen LogP contribution in [0.3, 0.4) is 0 Å². The number of H-pyrrole nitrogens is 1. The van der Waals surface area contributed by atoms with Gasteiger partial charge in [-0.05, 0) is 24.1 Å². The minimum Gasteiger partial charge on any atom is -0.454 e. The number of ketones is 1. The van der Waals surface area contributed by atoms with Gasteiger partial charge < -0.3 is 9.72 Å². The molecule has 2 aromatic carbocycles. The van der Waals surface area contributed by atoms with Crippen LogP contribution in [0.25, 0.3) is 10.9 Å². The Morgan fingerprint density at radius 1 is 1.15 bits per heavy atom. The van der Waals surface area contributed by atoms with E-state index in [0.717, 1.165) is 22.9 Å². The minimum atomic E-state index is -1.23. The van der Waals surface area contributed by atoms with Gasteiger partial charge in [0.05, 0.1) is 10.6 Å². The summed E-state index contributed by atoms with van der Waals surface area (Å²) >= 11 is 5.73. The largest absolute Gasteiger partial charge is 0.454 e. The predicted octanol–water partition coefficient (Wildman–Crippen LogP) is 4.70. The fourth-order valence-electron chi connectivity index (χ4n) is 2.71. The van der Waals surface area contributed by atoms with Gasteiger partial charge in [-0.2, -0.15) is 0 Å². The molecule has 0 saturated carbocycles. The van der Waals surface area contributed by atoms with Gasteiger partial charge >= 0.3 is 5.97 Å². The average molecular weight is 378 g/mol. The van der Waals surface area contributed by atoms with Crippen molar-refractivity contribution in [1.82, 2.24) is 4.98 Å². The Balaban J connectivity index is 1.77. The number of hydrogen-bond donors (Lipinski definition) is 1. The SMILES string of the molecule is CCc1cccc2c(C(=O)COC(=O)c3cc(F)c(F)cc3Cl)c[nH]c12. The first kappa shape index (κ1) is 18.1. The van der Waals surface area contributed by atoms with Crippen LogP contribution < -0.4 is 0 Å². The summed E-state index contributed by atoms with van der Waals surface area (Å²) in [5.41, 5.74) is 1.96. The van der Waals surface area contributed by atoms with Crippen LogP contribution >= 0.6 is 11.6 Å². The molecule has 0 saturated heterocycles. The first-order valence-corrected chi connectivity index (χ1v) is 8.24. The average Bonchev–Trinajstić information content (AvgIpc) is 3.06. The second kappa shape index (κ2) is 7.25. The molecular weight excluding hydrogens is 364 g/mol. The Morgan fingerprint density at radius 3 is 2.62 bits per heavy atom. The number of aryl methyl sites for hydroxylation is 1. The summed E-state index contributed by atoms with van der Waals surface area (Å²) in [6.45, 7) is 1.46. The lowest BCUT2D eigenvalue weighted by Crippen LogP contribution is -2.14. The summed E-state index contributed by atoms with van der Waals surface area (Å²) < 4.78 is 31.3. The van der Waals surface area contributed by atoms with Crippen molar-refractivity contribution < 1.29 is 23.1 Å². The molecule has 0 atom stereocenters. The van der Waals surface area contributed by atoms with Gasteiger partial charge in [-0.1, -0.05) is 36.7 Å². The number of halogens is 3. The molecule has 1 aromatic heterocycles. The molecule has 1 N–H and O–H groups in total. The van der Waals surface area contributed by atoms with Crippen molar-refractivity contribution >= 4 is 34.3 Å². The summed E-state index contributed by atoms with van der Waals surface area (Å²) in [6.07, 6.45) is 2.36. The number of benzene rings is 2. The number of ether oxygens (including phenoxy) is 1. The lowest BCUT2D eigenvalue weighted by atomic mass is 10.1. The van der Waals surface area contributed by atoms with Crippen molar-refractivity contribution in [3.05, 3.63) is 69.9 Å². The van der Waals surface area contributed by atoms with Crippen LogP contribution in [0.2, 0.25) is 5.02 Å². The van der Waals surface area contributed by atoms with Gasteiger partial charge in [0.1, 0.15) is 0 Å². The molecule has 0 aliphatic carbocycles. The van der Waals surface area contributed by atoms with Gasteiger partial charge in [-0.3, -0.25) is 4.79 Å². The number of esters is 1. The van der Waals surface area contributed by atoms with Gasteiger partial charge in [-0.15, -0.1) is 0 Å². The Labute approximate surface area is 152 Å². The van der Waals surface area contributed by atoms with Crippen LogP contribution in [-0.2, 0) is 11.2 Å². The summed E-state index contributed by atoms with van der Waals surface area (Å²) in [4.78, 5) is 27.5. The normalized spacial score (nSPS) is 10.9. The second-order valence-corrected chi connectivity index (χ2v) is 6.05. The lowest BCUT2D eigenvalue weighted by Gasteiger charge is -2.06. The summed E-state index contributed by atoms with van der Waals surface area (Å²) in [7, 11) is 0. The number of aromatic nitrogens is 1. The molecule has 0 aliphatic rings. The van der Waals surface area contributed by atoms with Gasteiger partial charge in [0, 0.05) is 22.7 Å². The predicted molar refractivity (Wildman–Crippen MR) is 93.7 cm³/mol. The van der Waals surface area contributed by atoms with E-state index in [1.807, 2.05) is 19.1 Å². The zero-order chi connectivity index (χ0) is 18.8. The molecular formula is C19H14ClF2NO3. The number of aromatic amines is 1. The van der Waals surface area contributed by atoms with Gasteiger partial charge in [0.15, 0.2) is 18.2 Å². The second-order valence-electron chi connectivity index (χ2n) is 5.64. The van der Waals surface area contributed by atoms with Crippen molar-refractivity contribution in [2.75, 3.05) is 6.61 Å². The number of nitrogens with one attached hydrogen (secondary N) is 1. The highest BCUT2D eigenvalue weighted by Crippen LogP contribution is 2.24. The zero-order valence-electron chi connectivity index (χ0n) is 13.7. The highest BCUT2D eigenvalue weighted by Gasteiger charge is 2.19. The maximum absolute atomic E-state index is 13.3. The number of carbonyl (C=O) groups excluding carboxylic acids is 2. The molecule has 134 valence electrons. The molecule has 0 radical (unpaired) electrons. The van der Waals surface area contributed by atoms with Crippen LogP contribution in [0.1, 0.15) is 33.2 Å². The van der Waals surface area contributed by atoms with Crippen LogP contribution in [0.5, 0.6) is 0 Å². The third kappa shape index (κ3) is 3.32. The van der Waals surface area contributed by atoms with Crippen LogP contribution in [0.15, 0.2) is 36.5 Å². The van der Waals surface area contributed by atoms with E-state index in [-0.39, 0.29) is 10.6 Å². The molecule has 1 heterocycles. The maximum Gasteiger partial charge on any atom is 0.340 e. The van der Waals surface area contributed by atoms with E-state index in [0.29, 0.717) is 17.7 Å².